The third kappa shape index (κ3) is 1.89. The van der Waals surface area contributed by atoms with Gasteiger partial charge in [0.1, 0.15) is 0 Å². The monoisotopic (exact) mass is 308 g/mol. The first-order chi connectivity index (χ1) is 11.2. The van der Waals surface area contributed by atoms with Crippen molar-refractivity contribution in [1.82, 2.24) is 19.7 Å². The van der Waals surface area contributed by atoms with E-state index in [0.717, 1.165) is 0 Å². The van der Waals surface area contributed by atoms with E-state index in [1.807, 2.05) is 0 Å². The van der Waals surface area contributed by atoms with Gasteiger partial charge in [-0.1, -0.05) is 17.2 Å². The van der Waals surface area contributed by atoms with E-state index < -0.39 is 17.8 Å². The molecule has 0 atom stereocenters. The number of hydrogen-bond donors (Lipinski definition) is 0. The van der Waals surface area contributed by atoms with Gasteiger partial charge in [0, 0.05) is 12.3 Å². The molecule has 1 aliphatic rings. The number of aromatic nitrogens is 3. The van der Waals surface area contributed by atoms with Crippen LogP contribution in [0.2, 0.25) is 0 Å². The van der Waals surface area contributed by atoms with Gasteiger partial charge < -0.3 is 4.84 Å². The largest absolute Gasteiger partial charge is 0.382 e. The zero-order valence-electron chi connectivity index (χ0n) is 11.5. The van der Waals surface area contributed by atoms with Crippen molar-refractivity contribution in [3.8, 4) is 0 Å². The fourth-order valence-corrected chi connectivity index (χ4v) is 2.37. The highest BCUT2D eigenvalue weighted by molar-refractivity contribution is 6.21. The highest BCUT2D eigenvalue weighted by Gasteiger charge is 2.39. The van der Waals surface area contributed by atoms with Crippen molar-refractivity contribution in [3.05, 3.63) is 65.6 Å². The van der Waals surface area contributed by atoms with E-state index in [2.05, 4.69) is 10.1 Å². The Balaban J connectivity index is 1.67. The molecule has 2 aromatic heterocycles. The van der Waals surface area contributed by atoms with Crippen molar-refractivity contribution in [3.63, 3.8) is 0 Å². The van der Waals surface area contributed by atoms with Crippen molar-refractivity contribution in [2.45, 2.75) is 0 Å². The first kappa shape index (κ1) is 13.1. The summed E-state index contributed by atoms with van der Waals surface area (Å²) in [4.78, 5) is 45.7. The number of benzene rings is 1. The van der Waals surface area contributed by atoms with Crippen molar-refractivity contribution >= 4 is 23.4 Å². The van der Waals surface area contributed by atoms with E-state index >= 15 is 0 Å². The van der Waals surface area contributed by atoms with Crippen molar-refractivity contribution in [1.29, 1.82) is 0 Å². The standard InChI is InChI=1S/C15H8N4O4/c20-13-9-3-1-2-4-10(9)14(21)19(13)23-15(22)11-5-7-16-12-6-8-17-18(11)12/h1-8H. The predicted octanol–water partition coefficient (Wildman–Crippen LogP) is 1.10. The average molecular weight is 308 g/mol. The fraction of sp³-hybridized carbons (Fsp3) is 0. The van der Waals surface area contributed by atoms with Crippen LogP contribution in [-0.4, -0.2) is 37.4 Å². The number of carbonyl (C=O) groups excluding carboxylic acids is 3. The van der Waals surface area contributed by atoms with Crippen LogP contribution in [-0.2, 0) is 4.84 Å². The van der Waals surface area contributed by atoms with E-state index in [1.54, 1.807) is 18.2 Å². The second kappa shape index (κ2) is 4.73. The first-order valence-corrected chi connectivity index (χ1v) is 6.65. The lowest BCUT2D eigenvalue weighted by molar-refractivity contribution is -0.0590. The molecule has 1 aliphatic heterocycles. The highest BCUT2D eigenvalue weighted by atomic mass is 16.7. The molecule has 8 nitrogen and oxygen atoms in total. The zero-order valence-corrected chi connectivity index (χ0v) is 11.5. The van der Waals surface area contributed by atoms with Gasteiger partial charge in [0.05, 0.1) is 17.3 Å². The summed E-state index contributed by atoms with van der Waals surface area (Å²) in [6.07, 6.45) is 2.89. The maximum atomic E-state index is 12.3. The predicted molar refractivity (Wildman–Crippen MR) is 75.3 cm³/mol. The molecule has 2 amide bonds. The molecule has 1 aromatic carbocycles. The molecule has 4 rings (SSSR count). The molecule has 23 heavy (non-hydrogen) atoms. The van der Waals surface area contributed by atoms with Crippen LogP contribution < -0.4 is 0 Å². The van der Waals surface area contributed by atoms with Crippen LogP contribution >= 0.6 is 0 Å². The van der Waals surface area contributed by atoms with Gasteiger partial charge in [0.25, 0.3) is 11.8 Å². The molecule has 0 radical (unpaired) electrons. The second-order valence-electron chi connectivity index (χ2n) is 4.76. The summed E-state index contributed by atoms with van der Waals surface area (Å²) in [7, 11) is 0. The van der Waals surface area contributed by atoms with Gasteiger partial charge >= 0.3 is 5.97 Å². The molecule has 112 valence electrons. The Morgan fingerprint density at radius 3 is 2.35 bits per heavy atom. The molecule has 3 heterocycles. The van der Waals surface area contributed by atoms with Gasteiger partial charge in [0.2, 0.25) is 0 Å². The quantitative estimate of drug-likeness (QED) is 0.658. The minimum atomic E-state index is -0.879. The normalized spacial score (nSPS) is 13.5. The van der Waals surface area contributed by atoms with E-state index in [-0.39, 0.29) is 16.8 Å². The van der Waals surface area contributed by atoms with Crippen LogP contribution in [0.25, 0.3) is 5.65 Å². The van der Waals surface area contributed by atoms with Gasteiger partial charge in [-0.2, -0.15) is 5.10 Å². The molecule has 0 bridgehead atoms. The molecular weight excluding hydrogens is 300 g/mol. The van der Waals surface area contributed by atoms with E-state index in [0.29, 0.717) is 10.7 Å². The molecule has 0 fully saturated rings. The Labute approximate surface area is 128 Å². The minimum Gasteiger partial charge on any atom is -0.323 e. The first-order valence-electron chi connectivity index (χ1n) is 6.65. The Bertz CT molecular complexity index is 943. The summed E-state index contributed by atoms with van der Waals surface area (Å²) in [6.45, 7) is 0. The van der Waals surface area contributed by atoms with Crippen LogP contribution in [0.3, 0.4) is 0 Å². The van der Waals surface area contributed by atoms with Crippen LogP contribution in [0, 0.1) is 0 Å². The van der Waals surface area contributed by atoms with Crippen LogP contribution in [0.1, 0.15) is 31.2 Å². The van der Waals surface area contributed by atoms with E-state index in [9.17, 15) is 14.4 Å². The number of amides is 2. The lowest BCUT2D eigenvalue weighted by atomic mass is 10.1. The van der Waals surface area contributed by atoms with Crippen LogP contribution in [0.4, 0.5) is 0 Å². The molecule has 0 N–H and O–H groups in total. The summed E-state index contributed by atoms with van der Waals surface area (Å²) < 4.78 is 1.26. The Hall–Kier alpha value is -3.55. The number of nitrogens with zero attached hydrogens (tertiary/aromatic N) is 4. The number of hydrogen-bond acceptors (Lipinski definition) is 6. The Morgan fingerprint density at radius 1 is 0.957 bits per heavy atom. The summed E-state index contributed by atoms with van der Waals surface area (Å²) in [5, 5.41) is 4.42. The Morgan fingerprint density at radius 2 is 1.65 bits per heavy atom. The number of hydroxylamine groups is 2. The lowest BCUT2D eigenvalue weighted by Gasteiger charge is -2.12. The van der Waals surface area contributed by atoms with Gasteiger partial charge in [-0.25, -0.2) is 14.3 Å². The topological polar surface area (TPSA) is 93.9 Å². The average Bonchev–Trinajstić information content (AvgIpc) is 3.14. The zero-order chi connectivity index (χ0) is 16.0. The maximum Gasteiger partial charge on any atom is 0.382 e. The molecular formula is C15H8N4O4. The van der Waals surface area contributed by atoms with Gasteiger partial charge in [-0.15, -0.1) is 0 Å². The second-order valence-corrected chi connectivity index (χ2v) is 4.76. The third-order valence-corrected chi connectivity index (χ3v) is 3.43. The molecule has 0 saturated heterocycles. The summed E-state index contributed by atoms with van der Waals surface area (Å²) in [5.74, 6) is -2.23. The number of carbonyl (C=O) groups is 3. The summed E-state index contributed by atoms with van der Waals surface area (Å²) >= 11 is 0. The highest BCUT2D eigenvalue weighted by Crippen LogP contribution is 2.23. The van der Waals surface area contributed by atoms with Gasteiger partial charge in [-0.3, -0.25) is 9.59 Å². The van der Waals surface area contributed by atoms with Gasteiger partial charge in [0.15, 0.2) is 11.3 Å². The smallest absolute Gasteiger partial charge is 0.323 e. The summed E-state index contributed by atoms with van der Waals surface area (Å²) in [5.41, 5.74) is 0.895. The fourth-order valence-electron chi connectivity index (χ4n) is 2.37. The lowest BCUT2D eigenvalue weighted by Crippen LogP contribution is -2.33. The number of rotatable bonds is 2. The molecule has 3 aromatic rings. The molecule has 0 unspecified atom stereocenters. The number of fused-ring (bicyclic) bond motifs is 2. The SMILES string of the molecule is O=C(ON1C(=O)c2ccccc2C1=O)c1ccnc2ccnn12. The molecule has 0 saturated carbocycles. The Kier molecular flexibility index (Phi) is 2.70. The van der Waals surface area contributed by atoms with E-state index in [4.69, 9.17) is 4.84 Å². The molecule has 0 aliphatic carbocycles. The third-order valence-electron chi connectivity index (χ3n) is 3.43. The van der Waals surface area contributed by atoms with Crippen molar-refractivity contribution < 1.29 is 19.2 Å². The maximum absolute atomic E-state index is 12.3. The van der Waals surface area contributed by atoms with Crippen LogP contribution in [0.5, 0.6) is 0 Å². The molecule has 0 spiro atoms. The summed E-state index contributed by atoms with van der Waals surface area (Å²) in [6, 6.07) is 9.26. The van der Waals surface area contributed by atoms with E-state index in [1.165, 1.54) is 35.1 Å². The minimum absolute atomic E-state index is 0.0524. The molecule has 8 heteroatoms. The van der Waals surface area contributed by atoms with Crippen molar-refractivity contribution in [2.75, 3.05) is 0 Å². The van der Waals surface area contributed by atoms with Crippen molar-refractivity contribution in [2.24, 2.45) is 0 Å². The van der Waals surface area contributed by atoms with Crippen LogP contribution in [0.15, 0.2) is 48.8 Å². The van der Waals surface area contributed by atoms with Gasteiger partial charge in [-0.05, 0) is 18.2 Å². The number of imide groups is 1.